The Morgan fingerprint density at radius 1 is 0.733 bits per heavy atom. The number of aromatic nitrogens is 8. The van der Waals surface area contributed by atoms with Gasteiger partial charge in [-0.3, -0.25) is 27.5 Å². The highest BCUT2D eigenvalue weighted by Gasteiger charge is 2.47. The first-order chi connectivity index (χ1) is 35.2. The lowest BCUT2D eigenvalue weighted by Crippen LogP contribution is -2.34. The van der Waals surface area contributed by atoms with E-state index in [-0.39, 0.29) is 78.6 Å². The van der Waals surface area contributed by atoms with Crippen molar-refractivity contribution in [2.75, 3.05) is 43.6 Å². The van der Waals surface area contributed by atoms with Crippen molar-refractivity contribution in [3.05, 3.63) is 96.6 Å². The number of nitrogens with two attached hydrogens (primary N) is 2. The summed E-state index contributed by atoms with van der Waals surface area (Å²) < 4.78 is 83.1. The van der Waals surface area contributed by atoms with E-state index in [1.165, 1.54) is 21.8 Å². The molecule has 0 saturated carbocycles. The summed E-state index contributed by atoms with van der Waals surface area (Å²) in [7, 11) is -8.24. The molecule has 0 aliphatic carbocycles. The number of hydrogen-bond acceptors (Lipinski definition) is 22. The predicted molar refractivity (Wildman–Crippen MR) is 269 cm³/mol. The number of aliphatic hydroxyl groups is 5. The Bertz CT molecular complexity index is 2900. The van der Waals surface area contributed by atoms with Crippen LogP contribution in [0.25, 0.3) is 22.3 Å². The summed E-state index contributed by atoms with van der Waals surface area (Å²) in [5.41, 5.74) is 12.0. The second kappa shape index (κ2) is 26.8. The average molecular weight is 1120 g/mol. The van der Waals surface area contributed by atoms with E-state index in [4.69, 9.17) is 34.5 Å². The van der Waals surface area contributed by atoms with Gasteiger partial charge in [-0.1, -0.05) is 93.7 Å². The van der Waals surface area contributed by atoms with Crippen LogP contribution < -0.4 is 21.6 Å². The monoisotopic (exact) mass is 1110 g/mol. The molecule has 12 N–H and O–H groups in total. The van der Waals surface area contributed by atoms with Gasteiger partial charge in [-0.15, -0.1) is 0 Å². The summed E-state index contributed by atoms with van der Waals surface area (Å²) >= 11 is 0.928. The zero-order valence-electron chi connectivity index (χ0n) is 40.2. The lowest BCUT2D eigenvalue weighted by Gasteiger charge is -2.23. The molecule has 2 fully saturated rings. The van der Waals surface area contributed by atoms with Gasteiger partial charge in [0.25, 0.3) is 0 Å². The number of nitrogens with zero attached hydrogens (tertiary/aromatic N) is 8. The minimum atomic E-state index is -4.22. The standard InChI is InChI=1S/C24H32FN6O8PS.C17H20FN6O6P.C2H6.CH4/c1-24(2,12-32)22(35)41-9-8-37-40(36,28-10-14-6-4-3-5-7-14)38-11-15-17(33)18(34)21(39-15)31-13-27-16-19(26)29-23(25)30-20(16)31;18-17-22-14(19)11-15(23-17)24(8-20-11)16-13(26)12(25)10(30-16)7-29-31(27,28)21-6-9-4-2-1-3-5-9;1-2;/h3-7,13,15,17-18,21,32-34H,8-12H2,1-2H3,(H,28,36)(H2,26,29,30);1-5,8,10,12-13,16,25-26H,6-7H2,(H2,19,22,23)(H2,21,27,28);1-2H3;1H4/t15-,17-,18+,21-,40?;10-,12-,13+,16-;;/m11../s1. The van der Waals surface area contributed by atoms with Crippen LogP contribution in [0.1, 0.15) is 58.7 Å². The quantitative estimate of drug-likeness (QED) is 0.0298. The summed E-state index contributed by atoms with van der Waals surface area (Å²) in [6.07, 6.45) is -10.5. The van der Waals surface area contributed by atoms with Gasteiger partial charge >= 0.3 is 27.6 Å². The minimum absolute atomic E-state index is 0. The first kappa shape index (κ1) is 60.8. The highest BCUT2D eigenvalue weighted by molar-refractivity contribution is 8.13. The molecule has 6 aromatic rings. The van der Waals surface area contributed by atoms with Crippen LogP contribution >= 0.6 is 27.3 Å². The first-order valence-electron chi connectivity index (χ1n) is 22.8. The Hall–Kier alpha value is -5.04. The summed E-state index contributed by atoms with van der Waals surface area (Å²) in [6, 6.07) is 18.0. The van der Waals surface area contributed by atoms with Gasteiger partial charge < -0.3 is 51.4 Å². The number of ether oxygens (including phenoxy) is 2. The van der Waals surface area contributed by atoms with Crippen LogP contribution in [0.15, 0.2) is 73.3 Å². The molecule has 8 rings (SSSR count). The first-order valence-corrected chi connectivity index (χ1v) is 26.9. The number of imidazole rings is 2. The molecule has 75 heavy (non-hydrogen) atoms. The zero-order valence-corrected chi connectivity index (χ0v) is 42.8. The molecule has 2 aliphatic heterocycles. The van der Waals surface area contributed by atoms with E-state index in [0.29, 0.717) is 0 Å². The lowest BCUT2D eigenvalue weighted by atomic mass is 9.97. The van der Waals surface area contributed by atoms with Crippen LogP contribution in [0, 0.1) is 17.6 Å². The highest BCUT2D eigenvalue weighted by atomic mass is 32.2. The largest absolute Gasteiger partial charge is 0.405 e. The Morgan fingerprint density at radius 3 is 1.63 bits per heavy atom. The van der Waals surface area contributed by atoms with Crippen molar-refractivity contribution in [1.29, 1.82) is 0 Å². The molecule has 6 heterocycles. The lowest BCUT2D eigenvalue weighted by molar-refractivity contribution is -0.119. The number of carbonyl (C=O) groups is 1. The normalized spacial score (nSPS) is 23.1. The molecule has 0 radical (unpaired) electrons. The number of aliphatic hydroxyl groups excluding tert-OH is 5. The number of nitrogens with one attached hydrogen (secondary N) is 2. The maximum Gasteiger partial charge on any atom is 0.405 e. The third kappa shape index (κ3) is 15.3. The van der Waals surface area contributed by atoms with Crippen LogP contribution in [-0.4, -0.2) is 143 Å². The molecule has 2 aliphatic rings. The minimum Gasteiger partial charge on any atom is -0.395 e. The third-order valence-corrected chi connectivity index (χ3v) is 14.9. The van der Waals surface area contributed by atoms with Crippen LogP contribution in [-0.2, 0) is 50.1 Å². The van der Waals surface area contributed by atoms with Crippen molar-refractivity contribution in [2.24, 2.45) is 5.41 Å². The number of benzene rings is 2. The second-order valence-corrected chi connectivity index (χ2v) is 21.3. The van der Waals surface area contributed by atoms with Gasteiger partial charge in [0.1, 0.15) is 36.6 Å². The highest BCUT2D eigenvalue weighted by Crippen LogP contribution is 2.46. The van der Waals surface area contributed by atoms with Crippen molar-refractivity contribution < 1.29 is 76.2 Å². The summed E-state index contributed by atoms with van der Waals surface area (Å²) in [5, 5.41) is 56.3. The van der Waals surface area contributed by atoms with Crippen LogP contribution in [0.3, 0.4) is 0 Å². The molecule has 10 atom stereocenters. The summed E-state index contributed by atoms with van der Waals surface area (Å²) in [4.78, 5) is 44.3. The van der Waals surface area contributed by atoms with Crippen molar-refractivity contribution in [3.63, 3.8) is 0 Å². The van der Waals surface area contributed by atoms with Gasteiger partial charge in [-0.05, 0) is 25.0 Å². The van der Waals surface area contributed by atoms with Gasteiger partial charge in [0.2, 0.25) is 0 Å². The smallest absolute Gasteiger partial charge is 0.395 e. The van der Waals surface area contributed by atoms with Crippen molar-refractivity contribution >= 4 is 66.3 Å². The van der Waals surface area contributed by atoms with E-state index in [1.54, 1.807) is 38.1 Å². The van der Waals surface area contributed by atoms with E-state index in [2.05, 4.69) is 40.1 Å². The predicted octanol–water partition coefficient (Wildman–Crippen LogP) is 3.11. The number of carbonyl (C=O) groups excluding carboxylic acids is 1. The van der Waals surface area contributed by atoms with Gasteiger partial charge in [-0.2, -0.15) is 28.7 Å². The summed E-state index contributed by atoms with van der Waals surface area (Å²) in [5.74, 6) is -0.261. The van der Waals surface area contributed by atoms with E-state index >= 15 is 0 Å². The number of thioether (sulfide) groups is 1. The number of halogens is 2. The SMILES string of the molecule is C.CC.CC(C)(CO)C(=O)SCCOP(=O)(NCc1ccccc1)OC[C@H]1O[C@@H](n2cnc3c(N)nc(F)nc32)[C@@H](O)[C@@H]1O.Nc1nc(F)nc2c1ncn2[C@@H]1O[C@H](COP(=O)(O)NCc2ccccc2)[C@@H](O)[C@@H]1O. The molecule has 412 valence electrons. The maximum absolute atomic E-state index is 13.8. The van der Waals surface area contributed by atoms with Crippen molar-refractivity contribution in [1.82, 2.24) is 49.2 Å². The van der Waals surface area contributed by atoms with Crippen LogP contribution in [0.5, 0.6) is 0 Å². The fourth-order valence-electron chi connectivity index (χ4n) is 7.03. The molecule has 0 bridgehead atoms. The number of nitrogen functional groups attached to an aromatic ring is 2. The van der Waals surface area contributed by atoms with E-state index in [9.17, 15) is 53.1 Å². The molecule has 26 nitrogen and oxygen atoms in total. The van der Waals surface area contributed by atoms with Crippen molar-refractivity contribution in [2.45, 2.75) is 97.3 Å². The molecular weight excluding hydrogens is 1050 g/mol. The molecule has 4 aromatic heterocycles. The molecule has 31 heteroatoms. The molecular formula is C44H62F2N12O14P2S. The van der Waals surface area contributed by atoms with Crippen molar-refractivity contribution in [3.8, 4) is 0 Å². The zero-order chi connectivity index (χ0) is 54.0. The molecule has 0 spiro atoms. The Kier molecular flexibility index (Phi) is 21.8. The summed E-state index contributed by atoms with van der Waals surface area (Å²) in [6.45, 7) is 6.01. The third-order valence-electron chi connectivity index (χ3n) is 11.1. The Labute approximate surface area is 433 Å². The van der Waals surface area contributed by atoms with Gasteiger partial charge in [0, 0.05) is 18.8 Å². The number of anilines is 2. The number of rotatable bonds is 20. The fourth-order valence-corrected chi connectivity index (χ4v) is 10.1. The number of hydrogen-bond donors (Lipinski definition) is 10. The fraction of sp³-hybridized carbons (Fsp3) is 0.477. The van der Waals surface area contributed by atoms with Gasteiger partial charge in [0.15, 0.2) is 51.5 Å². The van der Waals surface area contributed by atoms with Gasteiger partial charge in [0.05, 0.1) is 44.5 Å². The molecule has 0 amide bonds. The van der Waals surface area contributed by atoms with Gasteiger partial charge in [-0.25, -0.2) is 29.3 Å². The second-order valence-electron chi connectivity index (χ2n) is 16.8. The topological polar surface area (TPSA) is 382 Å². The van der Waals surface area contributed by atoms with E-state index in [0.717, 1.165) is 22.9 Å². The maximum atomic E-state index is 13.8. The molecule has 2 aromatic carbocycles. The van der Waals surface area contributed by atoms with E-state index < -0.39 is 95.4 Å². The Morgan fingerprint density at radius 2 is 1.17 bits per heavy atom. The van der Waals surface area contributed by atoms with Crippen LogP contribution in [0.2, 0.25) is 0 Å². The van der Waals surface area contributed by atoms with E-state index in [1.807, 2.05) is 50.2 Å². The average Bonchev–Trinajstić information content (AvgIpc) is 4.15. The molecule has 2 unspecified atom stereocenters. The molecule has 2 saturated heterocycles. The Balaban J connectivity index is 0.000000274. The number of fused-ring (bicyclic) bond motifs is 2. The van der Waals surface area contributed by atoms with Crippen LogP contribution in [0.4, 0.5) is 20.4 Å².